The lowest BCUT2D eigenvalue weighted by Crippen LogP contribution is -2.67. The highest BCUT2D eigenvalue weighted by Gasteiger charge is 2.44. The number of carbonyl (C=O) groups excluding carboxylic acids is 2. The van der Waals surface area contributed by atoms with Gasteiger partial charge in [0.2, 0.25) is 11.9 Å². The molecule has 2 aromatic carbocycles. The molecule has 0 saturated carbocycles. The molecule has 1 aromatic heterocycles. The number of morpholine rings is 1. The van der Waals surface area contributed by atoms with Crippen LogP contribution in [0.2, 0.25) is 0 Å². The van der Waals surface area contributed by atoms with Gasteiger partial charge in [0.05, 0.1) is 30.3 Å². The van der Waals surface area contributed by atoms with Crippen LogP contribution in [0.5, 0.6) is 0 Å². The minimum absolute atomic E-state index is 0.0608. The van der Waals surface area contributed by atoms with E-state index in [4.69, 9.17) is 20.5 Å². The maximum absolute atomic E-state index is 14.4. The number of hydrogen-bond acceptors (Lipinski definition) is 8. The van der Waals surface area contributed by atoms with Crippen LogP contribution >= 0.6 is 0 Å². The first kappa shape index (κ1) is 27.7. The number of amides is 3. The van der Waals surface area contributed by atoms with E-state index < -0.39 is 30.5 Å². The van der Waals surface area contributed by atoms with Gasteiger partial charge < -0.3 is 25.6 Å². The number of nitrogens with two attached hydrogens (primary N) is 1. The molecule has 42 heavy (non-hydrogen) atoms. The molecule has 2 saturated heterocycles. The Kier molecular flexibility index (Phi) is 7.56. The molecule has 3 aliphatic heterocycles. The van der Waals surface area contributed by atoms with Gasteiger partial charge in [-0.2, -0.15) is 4.99 Å². The van der Waals surface area contributed by atoms with E-state index in [0.717, 1.165) is 5.56 Å². The van der Waals surface area contributed by atoms with Crippen molar-refractivity contribution in [1.29, 1.82) is 0 Å². The number of carbonyl (C=O) groups is 2. The van der Waals surface area contributed by atoms with Gasteiger partial charge in [0, 0.05) is 38.3 Å². The molecule has 2 atom stereocenters. The first-order valence-corrected chi connectivity index (χ1v) is 13.8. The molecule has 3 aliphatic rings. The Morgan fingerprint density at radius 1 is 1.07 bits per heavy atom. The quantitative estimate of drug-likeness (QED) is 0.488. The zero-order valence-corrected chi connectivity index (χ0v) is 23.0. The number of rotatable bonds is 3. The molecule has 4 heterocycles. The summed E-state index contributed by atoms with van der Waals surface area (Å²) in [5.41, 5.74) is 7.72. The Labute approximate surface area is 240 Å². The van der Waals surface area contributed by atoms with Gasteiger partial charge in [0.15, 0.2) is 12.0 Å². The number of nitrogens with one attached hydrogen (secondary N) is 1. The smallest absolute Gasteiger partial charge is 0.315 e. The van der Waals surface area contributed by atoms with E-state index in [1.165, 1.54) is 14.4 Å². The summed E-state index contributed by atoms with van der Waals surface area (Å²) in [5, 5.41) is 3.26. The second kappa shape index (κ2) is 11.4. The number of guanidine groups is 1. The van der Waals surface area contributed by atoms with Crippen molar-refractivity contribution >= 4 is 34.9 Å². The summed E-state index contributed by atoms with van der Waals surface area (Å²) in [6.07, 6.45) is -3.97. The van der Waals surface area contributed by atoms with Gasteiger partial charge in [-0.1, -0.05) is 30.3 Å². The monoisotopic (exact) mass is 579 g/mol. The van der Waals surface area contributed by atoms with Gasteiger partial charge in [-0.3, -0.25) is 14.3 Å². The molecule has 3 aromatic rings. The zero-order valence-electron chi connectivity index (χ0n) is 23.0. The first-order chi connectivity index (χ1) is 20.3. The topological polar surface area (TPSA) is 134 Å². The molecule has 0 aliphatic carbocycles. The van der Waals surface area contributed by atoms with Gasteiger partial charge in [0.25, 0.3) is 12.3 Å². The van der Waals surface area contributed by atoms with Crippen LogP contribution < -0.4 is 11.1 Å². The number of para-hydroxylation sites is 2. The average molecular weight is 580 g/mol. The Hall–Kier alpha value is -4.43. The van der Waals surface area contributed by atoms with Crippen molar-refractivity contribution in [2.24, 2.45) is 15.7 Å². The second-order valence-corrected chi connectivity index (χ2v) is 10.2. The highest BCUT2D eigenvalue weighted by atomic mass is 19.3. The maximum Gasteiger partial charge on any atom is 0.315 e. The molecule has 220 valence electrons. The third kappa shape index (κ3) is 4.96. The zero-order chi connectivity index (χ0) is 29.4. The van der Waals surface area contributed by atoms with Crippen LogP contribution in [-0.4, -0.2) is 106 Å². The second-order valence-electron chi connectivity index (χ2n) is 10.2. The largest absolute Gasteiger partial charge is 0.378 e. The van der Waals surface area contributed by atoms with Crippen molar-refractivity contribution in [2.45, 2.75) is 25.6 Å². The fourth-order valence-corrected chi connectivity index (χ4v) is 5.64. The van der Waals surface area contributed by atoms with E-state index in [0.29, 0.717) is 49.4 Å². The molecule has 2 fully saturated rings. The molecule has 3 N–H and O–H groups in total. The maximum atomic E-state index is 14.4. The number of primary amides is 1. The van der Waals surface area contributed by atoms with E-state index in [1.54, 1.807) is 36.4 Å². The van der Waals surface area contributed by atoms with E-state index >= 15 is 0 Å². The van der Waals surface area contributed by atoms with Crippen LogP contribution in [0.4, 0.5) is 13.6 Å². The van der Waals surface area contributed by atoms with Crippen LogP contribution in [0.1, 0.15) is 28.2 Å². The number of aryl methyl sites for hydroxylation is 1. The van der Waals surface area contributed by atoms with Crippen LogP contribution in [0.15, 0.2) is 58.5 Å². The van der Waals surface area contributed by atoms with E-state index in [-0.39, 0.29) is 30.9 Å². The predicted octanol–water partition coefficient (Wildman–Crippen LogP) is 2.01. The number of fused-ring (bicyclic) bond motifs is 1. The van der Waals surface area contributed by atoms with Gasteiger partial charge >= 0.3 is 6.03 Å². The standard InChI is InChI=1S/C28H31F2N9O3/c1-17-6-2-3-7-18(17)25(40)39-23(21-16-32-10-11-37(21)26(31)41)34-27(35-28(39)36-12-14-42-15-13-36)38-20-9-5-4-8-19(20)33-24(38)22(29)30/h2-9,21-23,32H,10-16H2,1H3,(H2,31,41). The SMILES string of the molecule is Cc1ccccc1C(=O)N1C(N2CCOCC2)=NC(n2c(C(F)F)nc3ccccc32)=NC1C1CNCCN1C(N)=O. The lowest BCUT2D eigenvalue weighted by Gasteiger charge is -2.46. The summed E-state index contributed by atoms with van der Waals surface area (Å²) in [6, 6.07) is 12.5. The fraction of sp³-hybridized carbons (Fsp3) is 0.393. The number of nitrogens with zero attached hydrogens (tertiary/aromatic N) is 7. The van der Waals surface area contributed by atoms with Crippen molar-refractivity contribution in [1.82, 2.24) is 29.6 Å². The number of benzene rings is 2. The number of urea groups is 1. The lowest BCUT2D eigenvalue weighted by atomic mass is 10.0. The Morgan fingerprint density at radius 2 is 1.81 bits per heavy atom. The number of imidazole rings is 1. The molecule has 0 spiro atoms. The number of piperazine rings is 1. The molecule has 2 unspecified atom stereocenters. The van der Waals surface area contributed by atoms with Crippen LogP contribution in [0.3, 0.4) is 0 Å². The van der Waals surface area contributed by atoms with Gasteiger partial charge in [-0.15, -0.1) is 0 Å². The molecular weight excluding hydrogens is 548 g/mol. The number of aromatic nitrogens is 2. The van der Waals surface area contributed by atoms with Crippen LogP contribution in [-0.2, 0) is 4.74 Å². The summed E-state index contributed by atoms with van der Waals surface area (Å²) in [4.78, 5) is 45.6. The number of halogens is 2. The van der Waals surface area contributed by atoms with Gasteiger partial charge in [-0.25, -0.2) is 23.6 Å². The third-order valence-electron chi connectivity index (χ3n) is 7.71. The lowest BCUT2D eigenvalue weighted by molar-refractivity contribution is 0.0480. The van der Waals surface area contributed by atoms with E-state index in [2.05, 4.69) is 10.3 Å². The van der Waals surface area contributed by atoms with Crippen molar-refractivity contribution in [3.63, 3.8) is 0 Å². The summed E-state index contributed by atoms with van der Waals surface area (Å²) in [6.45, 7) is 4.47. The average Bonchev–Trinajstić information content (AvgIpc) is 3.41. The number of alkyl halides is 2. The summed E-state index contributed by atoms with van der Waals surface area (Å²) < 4.78 is 35.6. The van der Waals surface area contributed by atoms with Gasteiger partial charge in [-0.05, 0) is 30.7 Å². The molecule has 0 radical (unpaired) electrons. The summed E-state index contributed by atoms with van der Waals surface area (Å²) in [7, 11) is 0. The van der Waals surface area contributed by atoms with Crippen molar-refractivity contribution < 1.29 is 23.1 Å². The normalized spacial score (nSPS) is 21.5. The Balaban J connectivity index is 1.59. The van der Waals surface area contributed by atoms with Crippen molar-refractivity contribution in [3.8, 4) is 0 Å². The third-order valence-corrected chi connectivity index (χ3v) is 7.71. The Bertz CT molecular complexity index is 1570. The highest BCUT2D eigenvalue weighted by Crippen LogP contribution is 2.29. The fourth-order valence-electron chi connectivity index (χ4n) is 5.64. The van der Waals surface area contributed by atoms with Crippen LogP contribution in [0, 0.1) is 6.92 Å². The Morgan fingerprint density at radius 3 is 2.55 bits per heavy atom. The van der Waals surface area contributed by atoms with E-state index in [9.17, 15) is 18.4 Å². The molecule has 6 rings (SSSR count). The molecule has 12 nitrogen and oxygen atoms in total. The predicted molar refractivity (Wildman–Crippen MR) is 151 cm³/mol. The number of hydrogen-bond donors (Lipinski definition) is 2. The summed E-state index contributed by atoms with van der Waals surface area (Å²) >= 11 is 0. The highest BCUT2D eigenvalue weighted by molar-refractivity contribution is 6.11. The van der Waals surface area contributed by atoms with Gasteiger partial charge in [0.1, 0.15) is 0 Å². The summed E-state index contributed by atoms with van der Waals surface area (Å²) in [5.74, 6) is -0.736. The minimum atomic E-state index is -2.93. The number of aliphatic imine (C=N–C) groups is 2. The molecule has 3 amide bonds. The minimum Gasteiger partial charge on any atom is -0.378 e. The molecular formula is C28H31F2N9O3. The van der Waals surface area contributed by atoms with Crippen molar-refractivity contribution in [2.75, 3.05) is 45.9 Å². The molecule has 0 bridgehead atoms. The first-order valence-electron chi connectivity index (χ1n) is 13.8. The number of ether oxygens (including phenoxy) is 1. The van der Waals surface area contributed by atoms with Crippen LogP contribution in [0.25, 0.3) is 11.0 Å². The van der Waals surface area contributed by atoms with Crippen molar-refractivity contribution in [3.05, 3.63) is 65.5 Å². The molecule has 14 heteroatoms. The van der Waals surface area contributed by atoms with E-state index in [1.807, 2.05) is 24.0 Å².